The molecule has 3 rings (SSSR count). The van der Waals surface area contributed by atoms with Crippen molar-refractivity contribution in [2.24, 2.45) is 0 Å². The minimum atomic E-state index is -0.150. The molecule has 0 aromatic heterocycles. The number of carbonyl (C=O) groups excluding carboxylic acids is 1. The molecule has 2 aromatic rings. The normalized spacial score (nSPS) is 17.3. The van der Waals surface area contributed by atoms with Gasteiger partial charge in [0.25, 0.3) is 0 Å². The summed E-state index contributed by atoms with van der Waals surface area (Å²) < 4.78 is 5.43. The number of nitrogens with one attached hydrogen (secondary N) is 2. The Morgan fingerprint density at radius 1 is 1.28 bits per heavy atom. The molecule has 25 heavy (non-hydrogen) atoms. The molecule has 1 heterocycles. The van der Waals surface area contributed by atoms with E-state index in [-0.39, 0.29) is 18.1 Å². The highest BCUT2D eigenvalue weighted by Gasteiger charge is 2.23. The number of carbonyl (C=O) groups is 1. The van der Waals surface area contributed by atoms with Crippen molar-refractivity contribution >= 4 is 17.8 Å². The fraction of sp³-hybridized carbons (Fsp3) is 0.350. The van der Waals surface area contributed by atoms with Gasteiger partial charge in [-0.15, -0.1) is 11.8 Å². The molecule has 2 amide bonds. The molecule has 0 bridgehead atoms. The average Bonchev–Trinajstić information content (AvgIpc) is 2.62. The van der Waals surface area contributed by atoms with E-state index in [1.165, 1.54) is 10.5 Å². The van der Waals surface area contributed by atoms with Crippen LogP contribution in [0.25, 0.3) is 0 Å². The van der Waals surface area contributed by atoms with E-state index in [0.29, 0.717) is 0 Å². The minimum Gasteiger partial charge on any atom is -0.496 e. The maximum absolute atomic E-state index is 12.5. The van der Waals surface area contributed by atoms with Crippen molar-refractivity contribution in [2.75, 3.05) is 12.9 Å². The highest BCUT2D eigenvalue weighted by Crippen LogP contribution is 2.35. The minimum absolute atomic E-state index is 0.0593. The monoisotopic (exact) mass is 356 g/mol. The zero-order chi connectivity index (χ0) is 17.8. The number of urea groups is 1. The zero-order valence-electron chi connectivity index (χ0n) is 14.8. The van der Waals surface area contributed by atoms with E-state index in [1.807, 2.05) is 49.9 Å². The summed E-state index contributed by atoms with van der Waals surface area (Å²) in [6.07, 6.45) is 0.942. The van der Waals surface area contributed by atoms with E-state index in [1.54, 1.807) is 7.11 Å². The number of amides is 2. The van der Waals surface area contributed by atoms with E-state index in [9.17, 15) is 4.79 Å². The van der Waals surface area contributed by atoms with E-state index in [4.69, 9.17) is 4.74 Å². The number of rotatable bonds is 4. The highest BCUT2D eigenvalue weighted by molar-refractivity contribution is 7.99. The number of aryl methyl sites for hydroxylation is 1. The van der Waals surface area contributed by atoms with Gasteiger partial charge >= 0.3 is 6.03 Å². The smallest absolute Gasteiger partial charge is 0.315 e. The van der Waals surface area contributed by atoms with Crippen LogP contribution < -0.4 is 15.4 Å². The largest absolute Gasteiger partial charge is 0.496 e. The lowest BCUT2D eigenvalue weighted by Gasteiger charge is -2.27. The third-order valence-corrected chi connectivity index (χ3v) is 5.59. The van der Waals surface area contributed by atoms with Gasteiger partial charge in [-0.05, 0) is 38.0 Å². The molecule has 1 aliphatic heterocycles. The lowest BCUT2D eigenvalue weighted by Crippen LogP contribution is -2.40. The molecule has 0 unspecified atom stereocenters. The number of methoxy groups -OCH3 is 1. The summed E-state index contributed by atoms with van der Waals surface area (Å²) in [6, 6.07) is 14.1. The Labute approximate surface area is 153 Å². The van der Waals surface area contributed by atoms with Crippen LogP contribution in [0.5, 0.6) is 5.75 Å². The van der Waals surface area contributed by atoms with Gasteiger partial charge in [0.05, 0.1) is 19.2 Å². The van der Waals surface area contributed by atoms with Gasteiger partial charge in [0.1, 0.15) is 5.75 Å². The molecule has 0 saturated carbocycles. The van der Waals surface area contributed by atoms with Gasteiger partial charge in [-0.2, -0.15) is 0 Å². The van der Waals surface area contributed by atoms with E-state index < -0.39 is 0 Å². The first kappa shape index (κ1) is 17.7. The predicted molar refractivity (Wildman–Crippen MR) is 102 cm³/mol. The third-order valence-electron chi connectivity index (χ3n) is 4.46. The molecule has 0 saturated heterocycles. The van der Waals surface area contributed by atoms with Gasteiger partial charge in [0, 0.05) is 16.2 Å². The molecule has 4 nitrogen and oxygen atoms in total. The second kappa shape index (κ2) is 7.83. The lowest BCUT2D eigenvalue weighted by atomic mass is 10.0. The van der Waals surface area contributed by atoms with Crippen molar-refractivity contribution in [3.8, 4) is 5.75 Å². The van der Waals surface area contributed by atoms with Crippen molar-refractivity contribution in [3.63, 3.8) is 0 Å². The van der Waals surface area contributed by atoms with Crippen LogP contribution in [-0.4, -0.2) is 18.9 Å². The van der Waals surface area contributed by atoms with Gasteiger partial charge in [-0.1, -0.05) is 35.9 Å². The van der Waals surface area contributed by atoms with Gasteiger partial charge in [0.2, 0.25) is 0 Å². The summed E-state index contributed by atoms with van der Waals surface area (Å²) in [5, 5.41) is 6.16. The van der Waals surface area contributed by atoms with Gasteiger partial charge in [-0.3, -0.25) is 0 Å². The molecule has 2 N–H and O–H groups in total. The number of thioether (sulfide) groups is 1. The Morgan fingerprint density at radius 3 is 2.88 bits per heavy atom. The maximum atomic E-state index is 12.5. The fourth-order valence-electron chi connectivity index (χ4n) is 3.16. The van der Waals surface area contributed by atoms with Crippen LogP contribution in [0, 0.1) is 6.92 Å². The van der Waals surface area contributed by atoms with E-state index in [0.717, 1.165) is 29.1 Å². The molecule has 132 valence electrons. The molecule has 1 aliphatic rings. The predicted octanol–water partition coefficient (Wildman–Crippen LogP) is 4.60. The summed E-state index contributed by atoms with van der Waals surface area (Å²) in [6.45, 7) is 4.01. The van der Waals surface area contributed by atoms with Crippen LogP contribution in [-0.2, 0) is 0 Å². The fourth-order valence-corrected chi connectivity index (χ4v) is 4.28. The molecular weight excluding hydrogens is 332 g/mol. The molecule has 0 fully saturated rings. The van der Waals surface area contributed by atoms with Gasteiger partial charge in [0.15, 0.2) is 0 Å². The SMILES string of the molecule is COc1ccc(C)cc1[C@@H](C)NC(=O)N[C@H]1CCSc2ccccc21. The van der Waals surface area contributed by atoms with Crippen molar-refractivity contribution in [3.05, 3.63) is 59.2 Å². The molecule has 2 aromatic carbocycles. The summed E-state index contributed by atoms with van der Waals surface area (Å²) in [4.78, 5) is 13.8. The van der Waals surface area contributed by atoms with Crippen LogP contribution in [0.4, 0.5) is 4.79 Å². The molecule has 0 spiro atoms. The number of hydrogen-bond donors (Lipinski definition) is 2. The number of hydrogen-bond acceptors (Lipinski definition) is 3. The lowest BCUT2D eigenvalue weighted by molar-refractivity contribution is 0.233. The summed E-state index contributed by atoms with van der Waals surface area (Å²) in [5.74, 6) is 1.81. The van der Waals surface area contributed by atoms with E-state index >= 15 is 0 Å². The van der Waals surface area contributed by atoms with Crippen LogP contribution in [0.15, 0.2) is 47.4 Å². The topological polar surface area (TPSA) is 50.4 Å². The average molecular weight is 356 g/mol. The third kappa shape index (κ3) is 4.10. The summed E-state index contributed by atoms with van der Waals surface area (Å²) in [5.41, 5.74) is 3.33. The molecule has 5 heteroatoms. The molecule has 0 aliphatic carbocycles. The second-order valence-corrected chi connectivity index (χ2v) is 7.45. The van der Waals surface area contributed by atoms with Crippen LogP contribution in [0.3, 0.4) is 0 Å². The highest BCUT2D eigenvalue weighted by atomic mass is 32.2. The number of ether oxygens (including phenoxy) is 1. The molecular formula is C20H24N2O2S. The Hall–Kier alpha value is -2.14. The van der Waals surface area contributed by atoms with Gasteiger partial charge < -0.3 is 15.4 Å². The zero-order valence-corrected chi connectivity index (χ0v) is 15.7. The van der Waals surface area contributed by atoms with Crippen LogP contribution >= 0.6 is 11.8 Å². The van der Waals surface area contributed by atoms with Crippen molar-refractivity contribution in [1.82, 2.24) is 10.6 Å². The number of fused-ring (bicyclic) bond motifs is 1. The quantitative estimate of drug-likeness (QED) is 0.842. The maximum Gasteiger partial charge on any atom is 0.315 e. The van der Waals surface area contributed by atoms with Crippen molar-refractivity contribution in [2.45, 2.75) is 37.2 Å². The molecule has 2 atom stereocenters. The van der Waals surface area contributed by atoms with Crippen molar-refractivity contribution < 1.29 is 9.53 Å². The number of benzene rings is 2. The summed E-state index contributed by atoms with van der Waals surface area (Å²) in [7, 11) is 1.65. The first-order chi connectivity index (χ1) is 12.1. The standard InChI is InChI=1S/C20H24N2O2S/c1-13-8-9-18(24-3)16(12-13)14(2)21-20(23)22-17-10-11-25-19-7-5-4-6-15(17)19/h4-9,12,14,17H,10-11H2,1-3H3,(H2,21,22,23)/t14-,17+/m1/s1. The Morgan fingerprint density at radius 2 is 2.08 bits per heavy atom. The van der Waals surface area contributed by atoms with Crippen molar-refractivity contribution in [1.29, 1.82) is 0 Å². The summed E-state index contributed by atoms with van der Waals surface area (Å²) >= 11 is 1.85. The van der Waals surface area contributed by atoms with Gasteiger partial charge in [-0.25, -0.2) is 4.79 Å². The Kier molecular flexibility index (Phi) is 5.53. The van der Waals surface area contributed by atoms with Crippen LogP contribution in [0.1, 0.15) is 42.1 Å². The van der Waals surface area contributed by atoms with E-state index in [2.05, 4.69) is 28.8 Å². The first-order valence-corrected chi connectivity index (χ1v) is 9.50. The van der Waals surface area contributed by atoms with Crippen LogP contribution in [0.2, 0.25) is 0 Å². The Bertz CT molecular complexity index is 763. The second-order valence-electron chi connectivity index (χ2n) is 6.31. The Balaban J connectivity index is 1.68. The molecule has 0 radical (unpaired) electrons. The first-order valence-electron chi connectivity index (χ1n) is 8.51.